The second kappa shape index (κ2) is 15.2. The summed E-state index contributed by atoms with van der Waals surface area (Å²) in [5.74, 6) is -0.554. The molecule has 0 heterocycles. The maximum Gasteiger partial charge on any atom is 0.243 e. The average molecular weight is 619 g/mol. The van der Waals surface area contributed by atoms with Crippen molar-refractivity contribution in [1.82, 2.24) is 10.2 Å². The summed E-state index contributed by atoms with van der Waals surface area (Å²) in [6.07, 6.45) is 2.61. The number of carbonyl (C=O) groups excluding carboxylic acids is 2. The molecule has 220 valence electrons. The lowest BCUT2D eigenvalue weighted by Gasteiger charge is -2.32. The van der Waals surface area contributed by atoms with Crippen molar-refractivity contribution >= 4 is 50.7 Å². The Kier molecular flexibility index (Phi) is 12.1. The van der Waals surface area contributed by atoms with E-state index in [1.165, 1.54) is 9.21 Å². The molecule has 1 atom stereocenters. The number of sulfonamides is 1. The number of aryl methyl sites for hydroxylation is 1. The van der Waals surface area contributed by atoms with Crippen LogP contribution in [0.2, 0.25) is 10.0 Å². The zero-order valence-corrected chi connectivity index (χ0v) is 26.0. The van der Waals surface area contributed by atoms with Crippen molar-refractivity contribution in [3.8, 4) is 0 Å². The summed E-state index contributed by atoms with van der Waals surface area (Å²) in [6, 6.07) is 21.1. The second-order valence-corrected chi connectivity index (χ2v) is 12.6. The van der Waals surface area contributed by atoms with E-state index >= 15 is 0 Å². The lowest BCUT2D eigenvalue weighted by Crippen LogP contribution is -2.50. The van der Waals surface area contributed by atoms with Gasteiger partial charge in [0.2, 0.25) is 21.8 Å². The standard InChI is InChI=1S/C31H37Cl2N3O4S/c1-4-23-13-17-27(18-14-23)36(41(3,39)40)19-9-12-30(37)35(22-25-15-16-26(32)21-28(25)33)29(31(38)34-5-2)20-24-10-7-6-8-11-24/h6-8,10-11,13-18,21,29H,4-5,9,12,19-20,22H2,1-3H3,(H,34,38)/t29-/m1/s1. The number of benzene rings is 3. The molecule has 0 radical (unpaired) electrons. The van der Waals surface area contributed by atoms with Gasteiger partial charge in [-0.15, -0.1) is 0 Å². The van der Waals surface area contributed by atoms with Crippen molar-refractivity contribution in [3.63, 3.8) is 0 Å². The van der Waals surface area contributed by atoms with Gasteiger partial charge in [-0.25, -0.2) is 8.42 Å². The summed E-state index contributed by atoms with van der Waals surface area (Å²) in [7, 11) is -3.58. The molecule has 10 heteroatoms. The number of rotatable bonds is 14. The highest BCUT2D eigenvalue weighted by Gasteiger charge is 2.30. The molecule has 2 amide bonds. The summed E-state index contributed by atoms with van der Waals surface area (Å²) in [5, 5.41) is 3.72. The molecule has 0 aromatic heterocycles. The number of hydrogen-bond donors (Lipinski definition) is 1. The Labute approximate surface area is 253 Å². The van der Waals surface area contributed by atoms with E-state index in [2.05, 4.69) is 5.32 Å². The maximum atomic E-state index is 13.8. The first-order valence-electron chi connectivity index (χ1n) is 13.6. The van der Waals surface area contributed by atoms with Crippen molar-refractivity contribution in [2.45, 2.75) is 52.1 Å². The number of nitrogens with one attached hydrogen (secondary N) is 1. The van der Waals surface area contributed by atoms with E-state index in [-0.39, 0.29) is 37.7 Å². The van der Waals surface area contributed by atoms with Crippen LogP contribution in [-0.4, -0.2) is 50.5 Å². The fraction of sp³-hybridized carbons (Fsp3) is 0.355. The minimum atomic E-state index is -3.58. The van der Waals surface area contributed by atoms with Crippen molar-refractivity contribution in [2.24, 2.45) is 0 Å². The molecule has 0 aliphatic carbocycles. The van der Waals surface area contributed by atoms with Gasteiger partial charge in [-0.3, -0.25) is 13.9 Å². The molecule has 0 spiro atoms. The Hall–Kier alpha value is -3.07. The predicted molar refractivity (Wildman–Crippen MR) is 167 cm³/mol. The molecule has 0 unspecified atom stereocenters. The van der Waals surface area contributed by atoms with Gasteiger partial charge < -0.3 is 10.2 Å². The summed E-state index contributed by atoms with van der Waals surface area (Å²) < 4.78 is 26.6. The third-order valence-electron chi connectivity index (χ3n) is 6.76. The van der Waals surface area contributed by atoms with Crippen LogP contribution in [0.15, 0.2) is 72.8 Å². The number of carbonyl (C=O) groups is 2. The number of anilines is 1. The topological polar surface area (TPSA) is 86.8 Å². The maximum absolute atomic E-state index is 13.8. The van der Waals surface area contributed by atoms with Crippen LogP contribution >= 0.6 is 23.2 Å². The highest BCUT2D eigenvalue weighted by atomic mass is 35.5. The molecule has 0 aliphatic rings. The Bertz CT molecular complexity index is 1420. The van der Waals surface area contributed by atoms with Gasteiger partial charge in [-0.2, -0.15) is 0 Å². The average Bonchev–Trinajstić information content (AvgIpc) is 2.94. The van der Waals surface area contributed by atoms with Gasteiger partial charge in [0.05, 0.1) is 11.9 Å². The van der Waals surface area contributed by atoms with Crippen LogP contribution in [0.3, 0.4) is 0 Å². The predicted octanol–water partition coefficient (Wildman–Crippen LogP) is 5.88. The van der Waals surface area contributed by atoms with Crippen LogP contribution in [0.4, 0.5) is 5.69 Å². The van der Waals surface area contributed by atoms with Crippen molar-refractivity contribution < 1.29 is 18.0 Å². The van der Waals surface area contributed by atoms with E-state index in [9.17, 15) is 18.0 Å². The first kappa shape index (κ1) is 32.4. The Morgan fingerprint density at radius 2 is 1.61 bits per heavy atom. The zero-order chi connectivity index (χ0) is 30.0. The third kappa shape index (κ3) is 9.48. The van der Waals surface area contributed by atoms with Crippen LogP contribution in [-0.2, 0) is 39.0 Å². The lowest BCUT2D eigenvalue weighted by atomic mass is 10.0. The molecule has 0 saturated carbocycles. The lowest BCUT2D eigenvalue weighted by molar-refractivity contribution is -0.141. The molecule has 3 aromatic rings. The van der Waals surface area contributed by atoms with Crippen LogP contribution in [0.25, 0.3) is 0 Å². The molecular weight excluding hydrogens is 581 g/mol. The molecule has 1 N–H and O–H groups in total. The van der Waals surface area contributed by atoms with Gasteiger partial charge in [0.25, 0.3) is 0 Å². The SMILES string of the molecule is CCNC(=O)[C@@H](Cc1ccccc1)N(Cc1ccc(Cl)cc1Cl)C(=O)CCCN(c1ccc(CC)cc1)S(C)(=O)=O. The zero-order valence-electron chi connectivity index (χ0n) is 23.6. The quantitative estimate of drug-likeness (QED) is 0.245. The smallest absolute Gasteiger partial charge is 0.243 e. The summed E-state index contributed by atoms with van der Waals surface area (Å²) in [5.41, 5.74) is 3.21. The number of hydrogen-bond acceptors (Lipinski definition) is 4. The van der Waals surface area contributed by atoms with Crippen LogP contribution in [0.1, 0.15) is 43.4 Å². The van der Waals surface area contributed by atoms with E-state index < -0.39 is 16.1 Å². The Morgan fingerprint density at radius 3 is 2.20 bits per heavy atom. The molecule has 0 saturated heterocycles. The third-order valence-corrected chi connectivity index (χ3v) is 8.54. The van der Waals surface area contributed by atoms with E-state index in [0.29, 0.717) is 34.3 Å². The molecule has 7 nitrogen and oxygen atoms in total. The van der Waals surface area contributed by atoms with Crippen LogP contribution in [0, 0.1) is 0 Å². The fourth-order valence-electron chi connectivity index (χ4n) is 4.58. The molecule has 41 heavy (non-hydrogen) atoms. The Morgan fingerprint density at radius 1 is 0.927 bits per heavy atom. The van der Waals surface area contributed by atoms with Crippen LogP contribution < -0.4 is 9.62 Å². The fourth-order valence-corrected chi connectivity index (χ4v) is 6.01. The summed E-state index contributed by atoms with van der Waals surface area (Å²) in [4.78, 5) is 28.7. The van der Waals surface area contributed by atoms with Crippen molar-refractivity contribution in [2.75, 3.05) is 23.7 Å². The molecule has 0 fully saturated rings. The number of nitrogens with zero attached hydrogens (tertiary/aromatic N) is 2. The van der Waals surface area contributed by atoms with E-state index in [1.54, 1.807) is 30.3 Å². The van der Waals surface area contributed by atoms with Gasteiger partial charge in [-0.05, 0) is 60.7 Å². The second-order valence-electron chi connectivity index (χ2n) is 9.82. The van der Waals surface area contributed by atoms with Gasteiger partial charge >= 0.3 is 0 Å². The van der Waals surface area contributed by atoms with Gasteiger partial charge in [0, 0.05) is 42.5 Å². The summed E-state index contributed by atoms with van der Waals surface area (Å²) >= 11 is 12.6. The highest BCUT2D eigenvalue weighted by molar-refractivity contribution is 7.92. The Balaban J connectivity index is 1.88. The monoisotopic (exact) mass is 617 g/mol. The summed E-state index contributed by atoms with van der Waals surface area (Å²) in [6.45, 7) is 4.48. The molecule has 3 aromatic carbocycles. The van der Waals surface area contributed by atoms with Crippen LogP contribution in [0.5, 0.6) is 0 Å². The molecule has 3 rings (SSSR count). The first-order chi connectivity index (χ1) is 19.5. The van der Waals surface area contributed by atoms with E-state index in [4.69, 9.17) is 23.2 Å². The van der Waals surface area contributed by atoms with E-state index in [1.807, 2.05) is 56.3 Å². The van der Waals surface area contributed by atoms with Gasteiger partial charge in [-0.1, -0.05) is 78.7 Å². The largest absolute Gasteiger partial charge is 0.355 e. The highest BCUT2D eigenvalue weighted by Crippen LogP contribution is 2.25. The minimum absolute atomic E-state index is 0.0367. The van der Waals surface area contributed by atoms with Gasteiger partial charge in [0.15, 0.2) is 0 Å². The van der Waals surface area contributed by atoms with Gasteiger partial charge in [0.1, 0.15) is 6.04 Å². The van der Waals surface area contributed by atoms with Crippen molar-refractivity contribution in [3.05, 3.63) is 99.5 Å². The minimum Gasteiger partial charge on any atom is -0.355 e. The number of halogens is 2. The number of likely N-dealkylation sites (N-methyl/N-ethyl adjacent to an activating group) is 1. The van der Waals surface area contributed by atoms with Crippen molar-refractivity contribution in [1.29, 1.82) is 0 Å². The first-order valence-corrected chi connectivity index (χ1v) is 16.3. The number of amides is 2. The molecule has 0 aliphatic heterocycles. The molecule has 0 bridgehead atoms. The van der Waals surface area contributed by atoms with E-state index in [0.717, 1.165) is 23.8 Å². The molecular formula is C31H37Cl2N3O4S. The normalized spacial score (nSPS) is 12.0.